The average Bonchev–Trinajstić information content (AvgIpc) is 3.26. The summed E-state index contributed by atoms with van der Waals surface area (Å²) in [5, 5.41) is 3.71. The highest BCUT2D eigenvalue weighted by atomic mass is 35.5. The Kier molecular flexibility index (Phi) is 4.09. The van der Waals surface area contributed by atoms with Crippen LogP contribution in [0.5, 0.6) is 0 Å². The Balaban J connectivity index is 1.67. The summed E-state index contributed by atoms with van der Waals surface area (Å²) in [6.07, 6.45) is 8.47. The summed E-state index contributed by atoms with van der Waals surface area (Å²) in [5.41, 5.74) is 7.16. The highest BCUT2D eigenvalue weighted by Gasteiger charge is 2.28. The number of halogens is 1. The average molecular weight is 337 g/mol. The summed E-state index contributed by atoms with van der Waals surface area (Å²) < 4.78 is 7.89. The van der Waals surface area contributed by atoms with Gasteiger partial charge in [-0.1, -0.05) is 12.8 Å². The van der Waals surface area contributed by atoms with Gasteiger partial charge >= 0.3 is 0 Å². The summed E-state index contributed by atoms with van der Waals surface area (Å²) in [6, 6.07) is 0.443. The standard InChI is InChI=1S/C15H21ClN6O/c16-15-20-13(19-9-3-1-2-4-9)12-14(21-15)22(8-18-12)11-6-5-10(7-17)23-11/h8-11H,1-7,17H2,(H,19,20,21). The molecule has 3 N–H and O–H groups in total. The SMILES string of the molecule is NCC1CCC(n2cnc3c(NC4CCCC4)nc(Cl)nc32)O1. The number of nitrogens with zero attached hydrogens (tertiary/aromatic N) is 4. The third-order valence-corrected chi connectivity index (χ3v) is 4.92. The Bertz CT molecular complexity index is 699. The van der Waals surface area contributed by atoms with Gasteiger partial charge in [0.25, 0.3) is 0 Å². The van der Waals surface area contributed by atoms with Crippen molar-refractivity contribution in [3.63, 3.8) is 0 Å². The van der Waals surface area contributed by atoms with Crippen LogP contribution in [0.2, 0.25) is 5.28 Å². The molecule has 2 atom stereocenters. The lowest BCUT2D eigenvalue weighted by atomic mass is 10.2. The molecule has 2 fully saturated rings. The number of ether oxygens (including phenoxy) is 1. The highest BCUT2D eigenvalue weighted by Crippen LogP contribution is 2.32. The highest BCUT2D eigenvalue weighted by molar-refractivity contribution is 6.28. The van der Waals surface area contributed by atoms with Crippen molar-refractivity contribution in [1.82, 2.24) is 19.5 Å². The van der Waals surface area contributed by atoms with Gasteiger partial charge in [0.2, 0.25) is 5.28 Å². The van der Waals surface area contributed by atoms with E-state index in [1.54, 1.807) is 6.33 Å². The minimum atomic E-state index is -0.0844. The van der Waals surface area contributed by atoms with Crippen LogP contribution in [0, 0.1) is 0 Å². The molecule has 0 radical (unpaired) electrons. The molecule has 1 saturated carbocycles. The molecule has 0 amide bonds. The molecule has 124 valence electrons. The maximum absolute atomic E-state index is 6.14. The van der Waals surface area contributed by atoms with Crippen molar-refractivity contribution in [3.8, 4) is 0 Å². The molecule has 0 spiro atoms. The quantitative estimate of drug-likeness (QED) is 0.833. The second-order valence-corrected chi connectivity index (χ2v) is 6.65. The van der Waals surface area contributed by atoms with E-state index in [0.29, 0.717) is 18.2 Å². The smallest absolute Gasteiger partial charge is 0.226 e. The molecular formula is C15H21ClN6O. The van der Waals surface area contributed by atoms with E-state index in [9.17, 15) is 0 Å². The molecule has 1 aliphatic carbocycles. The predicted molar refractivity (Wildman–Crippen MR) is 88.4 cm³/mol. The second kappa shape index (κ2) is 6.22. The number of hydrogen-bond acceptors (Lipinski definition) is 6. The molecule has 4 rings (SSSR count). The van der Waals surface area contributed by atoms with Crippen LogP contribution in [0.3, 0.4) is 0 Å². The maximum atomic E-state index is 6.14. The normalized spacial score (nSPS) is 25.5. The summed E-state index contributed by atoms with van der Waals surface area (Å²) in [6.45, 7) is 0.535. The van der Waals surface area contributed by atoms with Gasteiger partial charge in [-0.25, -0.2) is 4.98 Å². The molecule has 1 aliphatic heterocycles. The van der Waals surface area contributed by atoms with Crippen molar-refractivity contribution in [2.45, 2.75) is 56.9 Å². The fraction of sp³-hybridized carbons (Fsp3) is 0.667. The van der Waals surface area contributed by atoms with E-state index >= 15 is 0 Å². The number of fused-ring (bicyclic) bond motifs is 1. The molecule has 8 heteroatoms. The number of rotatable bonds is 4. The van der Waals surface area contributed by atoms with Crippen molar-refractivity contribution < 1.29 is 4.74 Å². The fourth-order valence-corrected chi connectivity index (χ4v) is 3.69. The van der Waals surface area contributed by atoms with E-state index in [0.717, 1.165) is 37.0 Å². The minimum absolute atomic E-state index is 0.0844. The van der Waals surface area contributed by atoms with Crippen LogP contribution < -0.4 is 11.1 Å². The molecule has 23 heavy (non-hydrogen) atoms. The predicted octanol–water partition coefficient (Wildman–Crippen LogP) is 2.47. The topological polar surface area (TPSA) is 90.9 Å². The van der Waals surface area contributed by atoms with E-state index in [2.05, 4.69) is 20.3 Å². The number of nitrogens with two attached hydrogens (primary N) is 1. The van der Waals surface area contributed by atoms with Crippen LogP contribution in [-0.4, -0.2) is 38.2 Å². The first-order valence-electron chi connectivity index (χ1n) is 8.26. The molecular weight excluding hydrogens is 316 g/mol. The Morgan fingerprint density at radius 3 is 2.83 bits per heavy atom. The zero-order chi connectivity index (χ0) is 15.8. The molecule has 7 nitrogen and oxygen atoms in total. The summed E-state index contributed by atoms with van der Waals surface area (Å²) in [5.74, 6) is 0.721. The van der Waals surface area contributed by atoms with Crippen LogP contribution in [0.25, 0.3) is 11.2 Å². The third-order valence-electron chi connectivity index (χ3n) is 4.75. The van der Waals surface area contributed by atoms with E-state index in [4.69, 9.17) is 22.1 Å². The van der Waals surface area contributed by atoms with E-state index in [-0.39, 0.29) is 17.6 Å². The zero-order valence-electron chi connectivity index (χ0n) is 12.9. The van der Waals surface area contributed by atoms with Crippen molar-refractivity contribution in [3.05, 3.63) is 11.6 Å². The largest absolute Gasteiger partial charge is 0.365 e. The first-order chi connectivity index (χ1) is 11.2. The van der Waals surface area contributed by atoms with E-state index < -0.39 is 0 Å². The number of imidazole rings is 1. The lowest BCUT2D eigenvalue weighted by Crippen LogP contribution is -2.20. The van der Waals surface area contributed by atoms with Crippen LogP contribution in [0.1, 0.15) is 44.8 Å². The van der Waals surface area contributed by atoms with E-state index in [1.165, 1.54) is 12.8 Å². The van der Waals surface area contributed by atoms with Crippen molar-refractivity contribution in [1.29, 1.82) is 0 Å². The van der Waals surface area contributed by atoms with Crippen LogP contribution >= 0.6 is 11.6 Å². The van der Waals surface area contributed by atoms with Gasteiger partial charge in [0.15, 0.2) is 17.0 Å². The Morgan fingerprint density at radius 1 is 1.26 bits per heavy atom. The number of hydrogen-bond donors (Lipinski definition) is 2. The summed E-state index contributed by atoms with van der Waals surface area (Å²) in [7, 11) is 0. The van der Waals surface area contributed by atoms with Crippen LogP contribution in [-0.2, 0) is 4.74 Å². The summed E-state index contributed by atoms with van der Waals surface area (Å²) in [4.78, 5) is 13.2. The number of anilines is 1. The van der Waals surface area contributed by atoms with Crippen LogP contribution in [0.4, 0.5) is 5.82 Å². The van der Waals surface area contributed by atoms with E-state index in [1.807, 2.05) is 4.57 Å². The van der Waals surface area contributed by atoms with Gasteiger partial charge in [0.1, 0.15) is 6.23 Å². The Morgan fingerprint density at radius 2 is 2.09 bits per heavy atom. The molecule has 2 aromatic heterocycles. The molecule has 1 saturated heterocycles. The molecule has 3 heterocycles. The molecule has 0 aromatic carbocycles. The van der Waals surface area contributed by atoms with Crippen molar-refractivity contribution >= 4 is 28.6 Å². The maximum Gasteiger partial charge on any atom is 0.226 e. The number of nitrogens with one attached hydrogen (secondary N) is 1. The Hall–Kier alpha value is -1.44. The van der Waals surface area contributed by atoms with Gasteiger partial charge in [0, 0.05) is 12.6 Å². The fourth-order valence-electron chi connectivity index (χ4n) is 3.53. The van der Waals surface area contributed by atoms with Gasteiger partial charge in [-0.15, -0.1) is 0 Å². The van der Waals surface area contributed by atoms with Gasteiger partial charge in [-0.05, 0) is 37.3 Å². The molecule has 0 bridgehead atoms. The second-order valence-electron chi connectivity index (χ2n) is 6.32. The lowest BCUT2D eigenvalue weighted by molar-refractivity contribution is 0.00867. The minimum Gasteiger partial charge on any atom is -0.365 e. The monoisotopic (exact) mass is 336 g/mol. The van der Waals surface area contributed by atoms with Crippen LogP contribution in [0.15, 0.2) is 6.33 Å². The molecule has 2 aliphatic rings. The first kappa shape index (κ1) is 15.1. The van der Waals surface area contributed by atoms with Crippen molar-refractivity contribution in [2.24, 2.45) is 5.73 Å². The number of aromatic nitrogens is 4. The first-order valence-corrected chi connectivity index (χ1v) is 8.64. The zero-order valence-corrected chi connectivity index (χ0v) is 13.7. The van der Waals surface area contributed by atoms with Gasteiger partial charge in [-0.3, -0.25) is 4.57 Å². The van der Waals surface area contributed by atoms with Gasteiger partial charge in [-0.2, -0.15) is 9.97 Å². The Labute approximate surface area is 139 Å². The third kappa shape index (κ3) is 2.88. The lowest BCUT2D eigenvalue weighted by Gasteiger charge is -2.15. The summed E-state index contributed by atoms with van der Waals surface area (Å²) >= 11 is 6.14. The molecule has 2 unspecified atom stereocenters. The van der Waals surface area contributed by atoms with Gasteiger partial charge in [0.05, 0.1) is 12.4 Å². The van der Waals surface area contributed by atoms with Crippen molar-refractivity contribution in [2.75, 3.05) is 11.9 Å². The van der Waals surface area contributed by atoms with Gasteiger partial charge < -0.3 is 15.8 Å². The molecule has 2 aromatic rings.